The number of pyridine rings is 1. The van der Waals surface area contributed by atoms with E-state index in [0.717, 1.165) is 0 Å². The second-order valence-corrected chi connectivity index (χ2v) is 3.68. The van der Waals surface area contributed by atoms with Crippen molar-refractivity contribution in [3.05, 3.63) is 53.9 Å². The van der Waals surface area contributed by atoms with Crippen LogP contribution in [0.25, 0.3) is 0 Å². The van der Waals surface area contributed by atoms with Gasteiger partial charge in [-0.1, -0.05) is 12.1 Å². The Balaban J connectivity index is 2.19. The van der Waals surface area contributed by atoms with Gasteiger partial charge in [-0.15, -0.1) is 0 Å². The summed E-state index contributed by atoms with van der Waals surface area (Å²) in [6.07, 6.45) is 1.43. The van der Waals surface area contributed by atoms with E-state index in [1.807, 2.05) is 0 Å². The van der Waals surface area contributed by atoms with Gasteiger partial charge in [0.1, 0.15) is 5.75 Å². The number of hydrogen-bond donors (Lipinski definition) is 3. The molecule has 0 unspecified atom stereocenters. The van der Waals surface area contributed by atoms with Gasteiger partial charge in [0.2, 0.25) is 0 Å². The first kappa shape index (κ1) is 12.1. The number of carbonyl (C=O) groups is 1. The Morgan fingerprint density at radius 1 is 1.28 bits per heavy atom. The average molecular weight is 244 g/mol. The Kier molecular flexibility index (Phi) is 3.54. The van der Waals surface area contributed by atoms with Crippen molar-refractivity contribution >= 4 is 11.6 Å². The van der Waals surface area contributed by atoms with Crippen LogP contribution in [0.5, 0.6) is 5.75 Å². The lowest BCUT2D eigenvalue weighted by Gasteiger charge is -2.06. The maximum Gasteiger partial charge on any atom is 0.278 e. The number of aliphatic hydroxyl groups is 1. The fourth-order valence-corrected chi connectivity index (χ4v) is 1.51. The average Bonchev–Trinajstić information content (AvgIpc) is 2.39. The number of rotatable bonds is 3. The fraction of sp³-hybridized carbons (Fsp3) is 0.0769. The van der Waals surface area contributed by atoms with Crippen LogP contribution < -0.4 is 5.32 Å². The van der Waals surface area contributed by atoms with Gasteiger partial charge in [-0.05, 0) is 29.8 Å². The van der Waals surface area contributed by atoms with E-state index >= 15 is 0 Å². The highest BCUT2D eigenvalue weighted by Crippen LogP contribution is 2.16. The molecule has 0 bridgehead atoms. The standard InChI is InChI=1S/C13H12N2O3/c16-8-9-3-1-4-10(7-9)15-13(18)12-11(17)5-2-6-14-12/h1-7,16-17H,8H2,(H,15,18). The summed E-state index contributed by atoms with van der Waals surface area (Å²) < 4.78 is 0. The molecule has 0 saturated carbocycles. The van der Waals surface area contributed by atoms with Crippen LogP contribution in [0.3, 0.4) is 0 Å². The molecule has 0 radical (unpaired) electrons. The number of anilines is 1. The van der Waals surface area contributed by atoms with Crippen molar-refractivity contribution in [1.29, 1.82) is 0 Å². The van der Waals surface area contributed by atoms with Gasteiger partial charge in [0, 0.05) is 11.9 Å². The molecule has 0 aliphatic carbocycles. The number of aliphatic hydroxyl groups excluding tert-OH is 1. The van der Waals surface area contributed by atoms with E-state index < -0.39 is 5.91 Å². The van der Waals surface area contributed by atoms with Crippen molar-refractivity contribution in [2.24, 2.45) is 0 Å². The molecule has 0 aliphatic heterocycles. The molecule has 5 heteroatoms. The van der Waals surface area contributed by atoms with Gasteiger partial charge in [0.25, 0.3) is 5.91 Å². The van der Waals surface area contributed by atoms with Crippen LogP contribution in [0.2, 0.25) is 0 Å². The topological polar surface area (TPSA) is 82.5 Å². The number of aromatic nitrogens is 1. The third kappa shape index (κ3) is 2.64. The summed E-state index contributed by atoms with van der Waals surface area (Å²) in [4.78, 5) is 15.6. The Bertz CT molecular complexity index is 570. The number of nitrogens with zero attached hydrogens (tertiary/aromatic N) is 1. The smallest absolute Gasteiger partial charge is 0.278 e. The number of aromatic hydroxyl groups is 1. The maximum absolute atomic E-state index is 11.8. The van der Waals surface area contributed by atoms with E-state index in [1.54, 1.807) is 30.3 Å². The van der Waals surface area contributed by atoms with Gasteiger partial charge >= 0.3 is 0 Å². The molecule has 0 aliphatic rings. The normalized spacial score (nSPS) is 10.1. The van der Waals surface area contributed by atoms with Crippen molar-refractivity contribution in [1.82, 2.24) is 4.98 Å². The molecule has 0 atom stereocenters. The van der Waals surface area contributed by atoms with Crippen molar-refractivity contribution < 1.29 is 15.0 Å². The van der Waals surface area contributed by atoms with Gasteiger partial charge in [0.15, 0.2) is 5.69 Å². The zero-order chi connectivity index (χ0) is 13.0. The molecule has 1 aromatic heterocycles. The molecule has 1 amide bonds. The van der Waals surface area contributed by atoms with E-state index in [0.29, 0.717) is 11.3 Å². The van der Waals surface area contributed by atoms with Crippen LogP contribution in [0, 0.1) is 0 Å². The van der Waals surface area contributed by atoms with Crippen molar-refractivity contribution in [3.63, 3.8) is 0 Å². The van der Waals surface area contributed by atoms with Gasteiger partial charge in [0.05, 0.1) is 6.61 Å². The highest BCUT2D eigenvalue weighted by atomic mass is 16.3. The summed E-state index contributed by atoms with van der Waals surface area (Å²) in [6, 6.07) is 9.74. The molecule has 1 heterocycles. The molecule has 5 nitrogen and oxygen atoms in total. The summed E-state index contributed by atoms with van der Waals surface area (Å²) in [5, 5.41) is 21.1. The maximum atomic E-state index is 11.8. The fourth-order valence-electron chi connectivity index (χ4n) is 1.51. The van der Waals surface area contributed by atoms with Crippen LogP contribution in [0.4, 0.5) is 5.69 Å². The molecule has 0 fully saturated rings. The Morgan fingerprint density at radius 3 is 2.83 bits per heavy atom. The third-order valence-electron chi connectivity index (χ3n) is 2.37. The lowest BCUT2D eigenvalue weighted by molar-refractivity contribution is 0.101. The Morgan fingerprint density at radius 2 is 2.11 bits per heavy atom. The molecule has 92 valence electrons. The number of carbonyl (C=O) groups excluding carboxylic acids is 1. The minimum Gasteiger partial charge on any atom is -0.505 e. The van der Waals surface area contributed by atoms with E-state index in [4.69, 9.17) is 5.11 Å². The second-order valence-electron chi connectivity index (χ2n) is 3.68. The van der Waals surface area contributed by atoms with Crippen molar-refractivity contribution in [2.75, 3.05) is 5.32 Å². The lowest BCUT2D eigenvalue weighted by Crippen LogP contribution is -2.13. The monoisotopic (exact) mass is 244 g/mol. The Labute approximate surface area is 104 Å². The van der Waals surface area contributed by atoms with Gasteiger partial charge in [-0.25, -0.2) is 4.98 Å². The highest BCUT2D eigenvalue weighted by molar-refractivity contribution is 6.04. The zero-order valence-electron chi connectivity index (χ0n) is 9.50. The minimum atomic E-state index is -0.497. The first-order chi connectivity index (χ1) is 8.70. The summed E-state index contributed by atoms with van der Waals surface area (Å²) in [7, 11) is 0. The first-order valence-corrected chi connectivity index (χ1v) is 5.36. The zero-order valence-corrected chi connectivity index (χ0v) is 9.50. The van der Waals surface area contributed by atoms with E-state index in [1.165, 1.54) is 12.3 Å². The van der Waals surface area contributed by atoms with Gasteiger partial charge < -0.3 is 15.5 Å². The lowest BCUT2D eigenvalue weighted by atomic mass is 10.2. The van der Waals surface area contributed by atoms with Gasteiger partial charge in [-0.2, -0.15) is 0 Å². The van der Waals surface area contributed by atoms with E-state index in [9.17, 15) is 9.90 Å². The number of amides is 1. The first-order valence-electron chi connectivity index (χ1n) is 5.36. The second kappa shape index (κ2) is 5.29. The largest absolute Gasteiger partial charge is 0.505 e. The predicted octanol–water partition coefficient (Wildman–Crippen LogP) is 1.53. The molecular weight excluding hydrogens is 232 g/mol. The van der Waals surface area contributed by atoms with Crippen LogP contribution in [0.1, 0.15) is 16.1 Å². The van der Waals surface area contributed by atoms with Crippen molar-refractivity contribution in [3.8, 4) is 5.75 Å². The summed E-state index contributed by atoms with van der Waals surface area (Å²) in [6.45, 7) is -0.0987. The third-order valence-corrected chi connectivity index (χ3v) is 2.37. The molecule has 0 saturated heterocycles. The van der Waals surface area contributed by atoms with Crippen molar-refractivity contribution in [2.45, 2.75) is 6.61 Å². The van der Waals surface area contributed by atoms with Crippen LogP contribution in [-0.4, -0.2) is 21.1 Å². The summed E-state index contributed by atoms with van der Waals surface area (Å²) in [5.74, 6) is -0.670. The SMILES string of the molecule is O=C(Nc1cccc(CO)c1)c1ncccc1O. The van der Waals surface area contributed by atoms with E-state index in [-0.39, 0.29) is 18.1 Å². The molecule has 0 spiro atoms. The number of hydrogen-bond acceptors (Lipinski definition) is 4. The quantitative estimate of drug-likeness (QED) is 0.764. The van der Waals surface area contributed by atoms with E-state index in [2.05, 4.69) is 10.3 Å². The number of benzene rings is 1. The molecular formula is C13H12N2O3. The number of nitrogens with one attached hydrogen (secondary N) is 1. The van der Waals surface area contributed by atoms with Crippen LogP contribution in [0.15, 0.2) is 42.6 Å². The van der Waals surface area contributed by atoms with Crippen LogP contribution in [-0.2, 0) is 6.61 Å². The minimum absolute atomic E-state index is 0.0353. The predicted molar refractivity (Wildman–Crippen MR) is 66.2 cm³/mol. The van der Waals surface area contributed by atoms with Crippen LogP contribution >= 0.6 is 0 Å². The summed E-state index contributed by atoms with van der Waals surface area (Å²) in [5.41, 5.74) is 1.20. The molecule has 2 aromatic rings. The molecule has 3 N–H and O–H groups in total. The Hall–Kier alpha value is -2.40. The highest BCUT2D eigenvalue weighted by Gasteiger charge is 2.12. The summed E-state index contributed by atoms with van der Waals surface area (Å²) >= 11 is 0. The molecule has 1 aromatic carbocycles. The molecule has 2 rings (SSSR count). The molecule has 18 heavy (non-hydrogen) atoms. The van der Waals surface area contributed by atoms with Gasteiger partial charge in [-0.3, -0.25) is 4.79 Å².